The average Bonchev–Trinajstić information content (AvgIpc) is 2.86. The van der Waals surface area contributed by atoms with Crippen LogP contribution in [0.15, 0.2) is 23.4 Å². The first-order chi connectivity index (χ1) is 10.9. The maximum atomic E-state index is 14.1. The quantitative estimate of drug-likeness (QED) is 0.467. The zero-order valence-corrected chi connectivity index (χ0v) is 12.7. The Balaban J connectivity index is 2.13. The molecule has 23 heavy (non-hydrogen) atoms. The number of anilines is 1. The molecular weight excluding hydrogens is 307 g/mol. The number of carbonyl (C=O) groups is 2. The number of nitrogens with two attached hydrogens (primary N) is 1. The van der Waals surface area contributed by atoms with Gasteiger partial charge in [-0.2, -0.15) is 0 Å². The minimum atomic E-state index is -0.640. The highest BCUT2D eigenvalue weighted by Gasteiger charge is 2.32. The largest absolute Gasteiger partial charge is 0.442 e. The Morgan fingerprint density at radius 2 is 2.35 bits per heavy atom. The lowest BCUT2D eigenvalue weighted by atomic mass is 10.1. The second-order valence-electron chi connectivity index (χ2n) is 4.88. The highest BCUT2D eigenvalue weighted by Crippen LogP contribution is 2.23. The molecule has 0 bridgehead atoms. The molecule has 0 unspecified atom stereocenters. The number of cyclic esters (lactones) is 1. The van der Waals surface area contributed by atoms with Crippen LogP contribution in [-0.4, -0.2) is 44.1 Å². The van der Waals surface area contributed by atoms with E-state index in [2.05, 4.69) is 15.3 Å². The first-order valence-corrected chi connectivity index (χ1v) is 6.81. The maximum absolute atomic E-state index is 14.1. The molecule has 1 heterocycles. The second kappa shape index (κ2) is 6.95. The van der Waals surface area contributed by atoms with Crippen molar-refractivity contribution < 1.29 is 23.6 Å². The normalized spacial score (nSPS) is 17.9. The minimum absolute atomic E-state index is 0.0676. The fraction of sp³-hybridized carbons (Fsp3) is 0.357. The average molecular weight is 324 g/mol. The molecule has 0 aliphatic carbocycles. The summed E-state index contributed by atoms with van der Waals surface area (Å²) in [7, 11) is 1.30. The van der Waals surface area contributed by atoms with E-state index in [-0.39, 0.29) is 30.4 Å². The van der Waals surface area contributed by atoms with Gasteiger partial charge >= 0.3 is 6.09 Å². The molecule has 2 rings (SSSR count). The van der Waals surface area contributed by atoms with Crippen LogP contribution >= 0.6 is 0 Å². The Labute approximate surface area is 132 Å². The molecule has 1 aromatic carbocycles. The number of nitrogens with one attached hydrogen (secondary N) is 1. The van der Waals surface area contributed by atoms with Gasteiger partial charge in [0.1, 0.15) is 19.0 Å². The Kier molecular flexibility index (Phi) is 4.99. The molecule has 0 aromatic heterocycles. The highest BCUT2D eigenvalue weighted by atomic mass is 19.1. The summed E-state index contributed by atoms with van der Waals surface area (Å²) in [6, 6.07) is 4.09. The van der Waals surface area contributed by atoms with E-state index in [1.165, 1.54) is 31.1 Å². The van der Waals surface area contributed by atoms with Crippen molar-refractivity contribution in [1.82, 2.24) is 5.32 Å². The molecule has 124 valence electrons. The zero-order valence-electron chi connectivity index (χ0n) is 12.7. The van der Waals surface area contributed by atoms with E-state index in [1.807, 2.05) is 0 Å². The Morgan fingerprint density at radius 1 is 1.61 bits per heavy atom. The predicted molar refractivity (Wildman–Crippen MR) is 80.4 cm³/mol. The van der Waals surface area contributed by atoms with Crippen LogP contribution in [0.1, 0.15) is 12.5 Å². The number of oxime groups is 1. The fourth-order valence-electron chi connectivity index (χ4n) is 2.12. The first-order valence-electron chi connectivity index (χ1n) is 6.81. The van der Waals surface area contributed by atoms with Crippen molar-refractivity contribution in [2.45, 2.75) is 13.0 Å². The number of carbonyl (C=O) groups excluding carboxylic acids is 2. The van der Waals surface area contributed by atoms with Crippen LogP contribution in [-0.2, 0) is 14.4 Å². The number of halogens is 1. The summed E-state index contributed by atoms with van der Waals surface area (Å²) >= 11 is 0. The summed E-state index contributed by atoms with van der Waals surface area (Å²) in [5.74, 6) is -0.967. The molecule has 1 aromatic rings. The van der Waals surface area contributed by atoms with Crippen molar-refractivity contribution in [3.05, 3.63) is 29.6 Å². The molecule has 0 radical (unpaired) electrons. The smallest absolute Gasteiger partial charge is 0.414 e. The van der Waals surface area contributed by atoms with Gasteiger partial charge in [0.2, 0.25) is 5.91 Å². The number of hydrogen-bond acceptors (Lipinski definition) is 5. The number of amides is 2. The molecule has 9 heteroatoms. The predicted octanol–water partition coefficient (Wildman–Crippen LogP) is 0.554. The number of rotatable bonds is 5. The van der Waals surface area contributed by atoms with E-state index in [9.17, 15) is 14.0 Å². The number of hydrogen-bond donors (Lipinski definition) is 2. The molecule has 1 fully saturated rings. The van der Waals surface area contributed by atoms with Crippen LogP contribution in [0.5, 0.6) is 0 Å². The van der Waals surface area contributed by atoms with Crippen LogP contribution in [0.25, 0.3) is 0 Å². The minimum Gasteiger partial charge on any atom is -0.442 e. The van der Waals surface area contributed by atoms with Gasteiger partial charge in [-0.3, -0.25) is 9.69 Å². The summed E-state index contributed by atoms with van der Waals surface area (Å²) < 4.78 is 19.2. The van der Waals surface area contributed by atoms with E-state index >= 15 is 0 Å². The third kappa shape index (κ3) is 3.87. The summed E-state index contributed by atoms with van der Waals surface area (Å²) in [5.41, 5.74) is 5.96. The lowest BCUT2D eigenvalue weighted by Crippen LogP contribution is -2.33. The van der Waals surface area contributed by atoms with Gasteiger partial charge in [-0.05, 0) is 18.2 Å². The number of amidine groups is 1. The Bertz CT molecular complexity index is 650. The van der Waals surface area contributed by atoms with Crippen LogP contribution in [0, 0.1) is 5.82 Å². The van der Waals surface area contributed by atoms with Crippen molar-refractivity contribution in [2.75, 3.05) is 25.1 Å². The molecule has 3 N–H and O–H groups in total. The summed E-state index contributed by atoms with van der Waals surface area (Å²) in [6.45, 7) is 1.78. The standard InChI is InChI=1S/C14H17FN4O4/c1-8(20)17-6-10-7-19(14(21)23-10)9-3-4-11(12(15)5-9)13(16)18-22-2/h3-5,10H,6-7H2,1-2H3,(H2,16,18)(H,17,20)/t10-/m0/s1. The van der Waals surface area contributed by atoms with Gasteiger partial charge in [0.25, 0.3) is 0 Å². The molecule has 1 saturated heterocycles. The van der Waals surface area contributed by atoms with Crippen LogP contribution < -0.4 is 16.0 Å². The van der Waals surface area contributed by atoms with Crippen LogP contribution in [0.2, 0.25) is 0 Å². The molecule has 2 amide bonds. The van der Waals surface area contributed by atoms with Crippen molar-refractivity contribution in [3.8, 4) is 0 Å². The van der Waals surface area contributed by atoms with E-state index in [4.69, 9.17) is 10.5 Å². The monoisotopic (exact) mass is 324 g/mol. The van der Waals surface area contributed by atoms with Crippen molar-refractivity contribution in [2.24, 2.45) is 10.9 Å². The van der Waals surface area contributed by atoms with Gasteiger partial charge in [0.05, 0.1) is 24.3 Å². The first kappa shape index (κ1) is 16.5. The van der Waals surface area contributed by atoms with E-state index < -0.39 is 18.0 Å². The second-order valence-corrected chi connectivity index (χ2v) is 4.88. The summed E-state index contributed by atoms with van der Waals surface area (Å²) in [4.78, 5) is 28.5. The van der Waals surface area contributed by atoms with Crippen LogP contribution in [0.4, 0.5) is 14.9 Å². The van der Waals surface area contributed by atoms with Crippen molar-refractivity contribution in [1.29, 1.82) is 0 Å². The Hall–Kier alpha value is -2.84. The molecule has 1 aliphatic rings. The molecule has 8 nitrogen and oxygen atoms in total. The number of benzene rings is 1. The van der Waals surface area contributed by atoms with Crippen molar-refractivity contribution in [3.63, 3.8) is 0 Å². The van der Waals surface area contributed by atoms with Gasteiger partial charge in [-0.15, -0.1) is 0 Å². The number of nitrogens with zero attached hydrogens (tertiary/aromatic N) is 2. The fourth-order valence-corrected chi connectivity index (χ4v) is 2.12. The summed E-state index contributed by atoms with van der Waals surface area (Å²) in [5, 5.41) is 6.03. The number of ether oxygens (including phenoxy) is 1. The van der Waals surface area contributed by atoms with Crippen LogP contribution in [0.3, 0.4) is 0 Å². The van der Waals surface area contributed by atoms with E-state index in [1.54, 1.807) is 0 Å². The zero-order chi connectivity index (χ0) is 17.0. The van der Waals surface area contributed by atoms with Gasteiger partial charge in [0.15, 0.2) is 5.84 Å². The van der Waals surface area contributed by atoms with Gasteiger partial charge in [0, 0.05) is 6.92 Å². The topological polar surface area (TPSA) is 106 Å². The molecule has 0 saturated carbocycles. The lowest BCUT2D eigenvalue weighted by Gasteiger charge is -2.14. The Morgan fingerprint density at radius 3 is 2.96 bits per heavy atom. The molecular formula is C14H17FN4O4. The van der Waals surface area contributed by atoms with Gasteiger partial charge in [-0.1, -0.05) is 5.16 Å². The SMILES string of the molecule is CON=C(N)c1ccc(N2C[C@H](CNC(C)=O)OC2=O)cc1F. The van der Waals surface area contributed by atoms with Crippen molar-refractivity contribution >= 4 is 23.5 Å². The third-order valence-electron chi connectivity index (χ3n) is 3.18. The van der Waals surface area contributed by atoms with Gasteiger partial charge in [-0.25, -0.2) is 9.18 Å². The molecule has 1 atom stereocenters. The molecule has 1 aliphatic heterocycles. The van der Waals surface area contributed by atoms with Gasteiger partial charge < -0.3 is 20.6 Å². The maximum Gasteiger partial charge on any atom is 0.414 e. The lowest BCUT2D eigenvalue weighted by molar-refractivity contribution is -0.119. The summed E-state index contributed by atoms with van der Waals surface area (Å²) in [6.07, 6.45) is -1.10. The van der Waals surface area contributed by atoms with E-state index in [0.717, 1.165) is 6.07 Å². The van der Waals surface area contributed by atoms with E-state index in [0.29, 0.717) is 5.69 Å². The molecule has 0 spiro atoms. The third-order valence-corrected chi connectivity index (χ3v) is 3.18. The highest BCUT2D eigenvalue weighted by molar-refractivity contribution is 5.98.